The highest BCUT2D eigenvalue weighted by atomic mass is 16.6. The molecule has 0 saturated heterocycles. The van der Waals surface area contributed by atoms with E-state index in [0.717, 1.165) is 12.2 Å². The van der Waals surface area contributed by atoms with Crippen LogP contribution in [0.2, 0.25) is 0 Å². The summed E-state index contributed by atoms with van der Waals surface area (Å²) in [7, 11) is 0. The Morgan fingerprint density at radius 2 is 1.74 bits per heavy atom. The maximum Gasteiger partial charge on any atom is 0.330 e. The summed E-state index contributed by atoms with van der Waals surface area (Å²) >= 11 is 0. The smallest absolute Gasteiger partial charge is 0.330 e. The third-order valence-electron chi connectivity index (χ3n) is 2.55. The number of aldehydes is 1. The summed E-state index contributed by atoms with van der Waals surface area (Å²) in [6.45, 7) is 4.48. The monoisotopic (exact) mass is 326 g/mol. The molecule has 7 nitrogen and oxygen atoms in total. The Bertz CT molecular complexity index is 477. The molecule has 0 rings (SSSR count). The standard InChI is InChI=1S/C16H22O7/c1-11(18)6-4-8-15(20)22-12(2)10-16(21)23-13(3)14(19)7-5-9-17/h4-5,7-9,11-13,18H,6,10H2,1-3H3/b7-5+,8-4+/t11-,12+,13-/m0/s1. The van der Waals surface area contributed by atoms with E-state index >= 15 is 0 Å². The molecule has 0 bridgehead atoms. The first-order chi connectivity index (χ1) is 10.8. The van der Waals surface area contributed by atoms with Gasteiger partial charge in [-0.1, -0.05) is 6.08 Å². The van der Waals surface area contributed by atoms with Crippen molar-refractivity contribution in [3.05, 3.63) is 24.3 Å². The zero-order chi connectivity index (χ0) is 17.8. The molecule has 0 aliphatic heterocycles. The van der Waals surface area contributed by atoms with Crippen LogP contribution in [-0.2, 0) is 28.7 Å². The molecule has 0 aliphatic carbocycles. The van der Waals surface area contributed by atoms with Gasteiger partial charge in [-0.15, -0.1) is 0 Å². The van der Waals surface area contributed by atoms with Gasteiger partial charge in [0.25, 0.3) is 0 Å². The molecule has 0 spiro atoms. The number of rotatable bonds is 10. The van der Waals surface area contributed by atoms with Gasteiger partial charge in [0.1, 0.15) is 12.4 Å². The summed E-state index contributed by atoms with van der Waals surface area (Å²) in [5.74, 6) is -1.85. The number of carbonyl (C=O) groups is 4. The molecule has 0 aliphatic rings. The molecular weight excluding hydrogens is 304 g/mol. The van der Waals surface area contributed by atoms with Crippen molar-refractivity contribution in [3.63, 3.8) is 0 Å². The van der Waals surface area contributed by atoms with Crippen molar-refractivity contribution < 1.29 is 33.8 Å². The van der Waals surface area contributed by atoms with Gasteiger partial charge in [-0.25, -0.2) is 4.79 Å². The molecule has 23 heavy (non-hydrogen) atoms. The van der Waals surface area contributed by atoms with Gasteiger partial charge in [0.2, 0.25) is 0 Å². The van der Waals surface area contributed by atoms with Gasteiger partial charge in [0, 0.05) is 6.08 Å². The zero-order valence-electron chi connectivity index (χ0n) is 13.4. The van der Waals surface area contributed by atoms with Crippen molar-refractivity contribution >= 4 is 24.0 Å². The van der Waals surface area contributed by atoms with Crippen LogP contribution < -0.4 is 0 Å². The molecule has 0 fully saturated rings. The lowest BCUT2D eigenvalue weighted by Gasteiger charge is -2.14. The Balaban J connectivity index is 4.21. The Morgan fingerprint density at radius 3 is 2.30 bits per heavy atom. The SMILES string of the molecule is C[C@H](O)C/C=C/C(=O)O[C@H](C)CC(=O)O[C@@H](C)C(=O)/C=C/C=O. The van der Waals surface area contributed by atoms with Crippen LogP contribution >= 0.6 is 0 Å². The second-order valence-corrected chi connectivity index (χ2v) is 4.97. The van der Waals surface area contributed by atoms with Crippen LogP contribution in [0.3, 0.4) is 0 Å². The molecular formula is C16H22O7. The van der Waals surface area contributed by atoms with Crippen molar-refractivity contribution in [1.82, 2.24) is 0 Å². The summed E-state index contributed by atoms with van der Waals surface area (Å²) in [5.41, 5.74) is 0. The van der Waals surface area contributed by atoms with Crippen molar-refractivity contribution in [3.8, 4) is 0 Å². The Hall–Kier alpha value is -2.28. The van der Waals surface area contributed by atoms with E-state index in [1.54, 1.807) is 6.92 Å². The van der Waals surface area contributed by atoms with Crippen LogP contribution in [-0.4, -0.2) is 47.4 Å². The van der Waals surface area contributed by atoms with Crippen molar-refractivity contribution in [2.45, 2.75) is 51.9 Å². The zero-order valence-corrected chi connectivity index (χ0v) is 13.4. The molecule has 0 aromatic heterocycles. The lowest BCUT2D eigenvalue weighted by atomic mass is 10.2. The molecule has 3 atom stereocenters. The first-order valence-corrected chi connectivity index (χ1v) is 7.16. The van der Waals surface area contributed by atoms with E-state index in [1.165, 1.54) is 26.0 Å². The van der Waals surface area contributed by atoms with Crippen molar-refractivity contribution in [2.24, 2.45) is 0 Å². The van der Waals surface area contributed by atoms with Crippen molar-refractivity contribution in [1.29, 1.82) is 0 Å². The molecule has 0 saturated carbocycles. The van der Waals surface area contributed by atoms with Gasteiger partial charge >= 0.3 is 11.9 Å². The highest BCUT2D eigenvalue weighted by Crippen LogP contribution is 2.04. The van der Waals surface area contributed by atoms with Gasteiger partial charge in [0.05, 0.1) is 12.5 Å². The molecule has 0 heterocycles. The molecule has 128 valence electrons. The number of allylic oxidation sites excluding steroid dienone is 1. The summed E-state index contributed by atoms with van der Waals surface area (Å²) in [6.07, 6.45) is 2.93. The number of hydrogen-bond donors (Lipinski definition) is 1. The number of carbonyl (C=O) groups excluding carboxylic acids is 4. The first-order valence-electron chi connectivity index (χ1n) is 7.16. The lowest BCUT2D eigenvalue weighted by Crippen LogP contribution is -2.26. The second kappa shape index (κ2) is 11.3. The average Bonchev–Trinajstić information content (AvgIpc) is 2.43. The Morgan fingerprint density at radius 1 is 1.09 bits per heavy atom. The predicted octanol–water partition coefficient (Wildman–Crippen LogP) is 0.891. The topological polar surface area (TPSA) is 107 Å². The molecule has 0 aromatic rings. The van der Waals surface area contributed by atoms with Crippen LogP contribution in [0.15, 0.2) is 24.3 Å². The maximum absolute atomic E-state index is 11.6. The van der Waals surface area contributed by atoms with Crippen molar-refractivity contribution in [2.75, 3.05) is 0 Å². The fraction of sp³-hybridized carbons (Fsp3) is 0.500. The Kier molecular flexibility index (Phi) is 10.2. The predicted molar refractivity (Wildman–Crippen MR) is 81.4 cm³/mol. The van der Waals surface area contributed by atoms with E-state index in [1.807, 2.05) is 0 Å². The van der Waals surface area contributed by atoms with E-state index in [-0.39, 0.29) is 6.42 Å². The number of aliphatic hydroxyl groups is 1. The minimum Gasteiger partial charge on any atom is -0.459 e. The third-order valence-corrected chi connectivity index (χ3v) is 2.55. The van der Waals surface area contributed by atoms with Crippen LogP contribution in [0.4, 0.5) is 0 Å². The number of ether oxygens (including phenoxy) is 2. The molecule has 0 radical (unpaired) electrons. The van der Waals surface area contributed by atoms with Gasteiger partial charge < -0.3 is 14.6 Å². The van der Waals surface area contributed by atoms with Crippen LogP contribution in [0, 0.1) is 0 Å². The third kappa shape index (κ3) is 11.0. The Labute approximate surface area is 135 Å². The normalized spacial score (nSPS) is 15.1. The fourth-order valence-electron chi connectivity index (χ4n) is 1.45. The fourth-order valence-corrected chi connectivity index (χ4v) is 1.45. The summed E-state index contributed by atoms with van der Waals surface area (Å²) in [6, 6.07) is 0. The van der Waals surface area contributed by atoms with E-state index in [2.05, 4.69) is 0 Å². The van der Waals surface area contributed by atoms with Crippen LogP contribution in [0.25, 0.3) is 0 Å². The molecule has 1 N–H and O–H groups in total. The van der Waals surface area contributed by atoms with E-state index in [0.29, 0.717) is 12.7 Å². The van der Waals surface area contributed by atoms with E-state index in [4.69, 9.17) is 14.6 Å². The van der Waals surface area contributed by atoms with E-state index in [9.17, 15) is 19.2 Å². The van der Waals surface area contributed by atoms with Gasteiger partial charge in [-0.2, -0.15) is 0 Å². The summed E-state index contributed by atoms with van der Waals surface area (Å²) in [4.78, 5) is 44.6. The lowest BCUT2D eigenvalue weighted by molar-refractivity contribution is -0.157. The molecule has 0 unspecified atom stereocenters. The number of ketones is 1. The molecule has 0 amide bonds. The minimum atomic E-state index is -1.02. The summed E-state index contributed by atoms with van der Waals surface area (Å²) in [5, 5.41) is 9.03. The van der Waals surface area contributed by atoms with Gasteiger partial charge in [-0.05, 0) is 39.3 Å². The number of esters is 2. The largest absolute Gasteiger partial charge is 0.459 e. The van der Waals surface area contributed by atoms with Gasteiger partial charge in [0.15, 0.2) is 11.9 Å². The van der Waals surface area contributed by atoms with Crippen LogP contribution in [0.5, 0.6) is 0 Å². The highest BCUT2D eigenvalue weighted by Gasteiger charge is 2.19. The average molecular weight is 326 g/mol. The number of aliphatic hydroxyl groups excluding tert-OH is 1. The van der Waals surface area contributed by atoms with E-state index < -0.39 is 36.0 Å². The highest BCUT2D eigenvalue weighted by molar-refractivity contribution is 5.96. The molecule has 0 aromatic carbocycles. The minimum absolute atomic E-state index is 0.203. The molecule has 7 heteroatoms. The van der Waals surface area contributed by atoms with Gasteiger partial charge in [-0.3, -0.25) is 14.4 Å². The second-order valence-electron chi connectivity index (χ2n) is 4.97. The summed E-state index contributed by atoms with van der Waals surface area (Å²) < 4.78 is 9.83. The quantitative estimate of drug-likeness (QED) is 0.361. The maximum atomic E-state index is 11.6. The first kappa shape index (κ1) is 20.7. The van der Waals surface area contributed by atoms with Crippen LogP contribution in [0.1, 0.15) is 33.6 Å². The number of hydrogen-bond acceptors (Lipinski definition) is 7.